The second-order valence-corrected chi connectivity index (χ2v) is 6.61. The van der Waals surface area contributed by atoms with Crippen LogP contribution in [0.3, 0.4) is 0 Å². The number of hydrogen-bond acceptors (Lipinski definition) is 5. The van der Waals surface area contributed by atoms with Gasteiger partial charge in [0, 0.05) is 29.5 Å². The average Bonchev–Trinajstić information content (AvgIpc) is 3.06. The molecule has 0 spiro atoms. The summed E-state index contributed by atoms with van der Waals surface area (Å²) in [6.45, 7) is 1.49. The monoisotopic (exact) mass is 313 g/mol. The van der Waals surface area contributed by atoms with E-state index in [9.17, 15) is 0 Å². The summed E-state index contributed by atoms with van der Waals surface area (Å²) in [6, 6.07) is 3.95. The first-order valence-corrected chi connectivity index (χ1v) is 7.78. The third kappa shape index (κ3) is 2.62. The van der Waals surface area contributed by atoms with Crippen molar-refractivity contribution in [2.45, 2.75) is 13.1 Å². The van der Waals surface area contributed by atoms with Gasteiger partial charge in [-0.2, -0.15) is 4.98 Å². The number of nitrogens with one attached hydrogen (secondary N) is 1. The second-order valence-electron chi connectivity index (χ2n) is 3.93. The Morgan fingerprint density at radius 3 is 3.05 bits per heavy atom. The lowest BCUT2D eigenvalue weighted by molar-refractivity contribution is 0.393. The van der Waals surface area contributed by atoms with Gasteiger partial charge in [-0.3, -0.25) is 4.40 Å². The molecule has 0 atom stereocenters. The first-order valence-electron chi connectivity index (χ1n) is 5.71. The molecule has 0 radical (unpaired) electrons. The van der Waals surface area contributed by atoms with Crippen LogP contribution in [0, 0.1) is 0 Å². The fourth-order valence-electron chi connectivity index (χ4n) is 1.89. The summed E-state index contributed by atoms with van der Waals surface area (Å²) in [5.74, 6) is 0.684. The Morgan fingerprint density at radius 1 is 1.42 bits per heavy atom. The molecule has 0 fully saturated rings. The van der Waals surface area contributed by atoms with Gasteiger partial charge in [0.15, 0.2) is 4.96 Å². The van der Waals surface area contributed by atoms with Crippen molar-refractivity contribution in [1.29, 1.82) is 0 Å². The Morgan fingerprint density at radius 2 is 2.32 bits per heavy atom. The van der Waals surface area contributed by atoms with Gasteiger partial charge in [0.2, 0.25) is 5.88 Å². The van der Waals surface area contributed by atoms with Gasteiger partial charge >= 0.3 is 0 Å². The Kier molecular flexibility index (Phi) is 3.74. The van der Waals surface area contributed by atoms with E-state index in [0.29, 0.717) is 12.4 Å². The minimum atomic E-state index is 0.684. The highest BCUT2D eigenvalue weighted by molar-refractivity contribution is 7.16. The van der Waals surface area contributed by atoms with Crippen LogP contribution in [0.1, 0.15) is 10.6 Å². The quantitative estimate of drug-likeness (QED) is 0.784. The summed E-state index contributed by atoms with van der Waals surface area (Å²) in [7, 11) is 1.65. The van der Waals surface area contributed by atoms with E-state index in [1.54, 1.807) is 29.8 Å². The molecule has 0 aromatic carbocycles. The second kappa shape index (κ2) is 5.50. The third-order valence-corrected chi connectivity index (χ3v) is 4.73. The number of methoxy groups -OCH3 is 1. The lowest BCUT2D eigenvalue weighted by Crippen LogP contribution is -2.13. The maximum atomic E-state index is 5.91. The zero-order valence-corrected chi connectivity index (χ0v) is 12.6. The molecule has 1 N–H and O–H groups in total. The predicted molar refractivity (Wildman–Crippen MR) is 79.5 cm³/mol. The van der Waals surface area contributed by atoms with Crippen LogP contribution in [0.15, 0.2) is 23.7 Å². The summed E-state index contributed by atoms with van der Waals surface area (Å²) in [5.41, 5.74) is 1.04. The summed E-state index contributed by atoms with van der Waals surface area (Å²) < 4.78 is 8.18. The molecular formula is C12H12ClN3OS2. The molecule has 100 valence electrons. The van der Waals surface area contributed by atoms with Crippen molar-refractivity contribution >= 4 is 39.2 Å². The molecule has 3 aromatic heterocycles. The van der Waals surface area contributed by atoms with Gasteiger partial charge in [-0.1, -0.05) is 11.6 Å². The standard InChI is InChI=1S/C12H12ClN3OS2/c1-17-11-9(16-4-5-18-12(16)15-11)7-14-6-8-2-3-10(13)19-8/h2-5,14H,6-7H2,1H3. The molecule has 0 amide bonds. The highest BCUT2D eigenvalue weighted by Crippen LogP contribution is 2.24. The highest BCUT2D eigenvalue weighted by atomic mass is 35.5. The Bertz CT molecular complexity index is 688. The molecule has 0 aliphatic rings. The Hall–Kier alpha value is -1.08. The van der Waals surface area contributed by atoms with Crippen LogP contribution in [0.4, 0.5) is 0 Å². The normalized spacial score (nSPS) is 11.3. The van der Waals surface area contributed by atoms with Gasteiger partial charge < -0.3 is 10.1 Å². The number of ether oxygens (including phenoxy) is 1. The van der Waals surface area contributed by atoms with Crippen molar-refractivity contribution in [3.63, 3.8) is 0 Å². The van der Waals surface area contributed by atoms with Gasteiger partial charge in [-0.25, -0.2) is 0 Å². The van der Waals surface area contributed by atoms with Gasteiger partial charge in [0.1, 0.15) is 5.69 Å². The van der Waals surface area contributed by atoms with E-state index in [0.717, 1.165) is 21.5 Å². The molecule has 7 heteroatoms. The van der Waals surface area contributed by atoms with Gasteiger partial charge in [0.25, 0.3) is 0 Å². The minimum Gasteiger partial charge on any atom is -0.480 e. The lowest BCUT2D eigenvalue weighted by atomic mass is 10.4. The van der Waals surface area contributed by atoms with Crippen LogP contribution >= 0.6 is 34.3 Å². The van der Waals surface area contributed by atoms with E-state index in [-0.39, 0.29) is 0 Å². The van der Waals surface area contributed by atoms with Gasteiger partial charge in [0.05, 0.1) is 11.4 Å². The number of thiophene rings is 1. The smallest absolute Gasteiger partial charge is 0.237 e. The average molecular weight is 314 g/mol. The first-order chi connectivity index (χ1) is 9.28. The van der Waals surface area contributed by atoms with E-state index >= 15 is 0 Å². The molecule has 0 aliphatic heterocycles. The predicted octanol–water partition coefficient (Wildman–Crippen LogP) is 3.41. The molecule has 0 unspecified atom stereocenters. The summed E-state index contributed by atoms with van der Waals surface area (Å²) >= 11 is 9.10. The summed E-state index contributed by atoms with van der Waals surface area (Å²) in [5, 5.41) is 5.41. The number of thiazole rings is 1. The number of halogens is 1. The van der Waals surface area contributed by atoms with Crippen LogP contribution < -0.4 is 10.1 Å². The summed E-state index contributed by atoms with van der Waals surface area (Å²) in [4.78, 5) is 6.59. The molecule has 0 bridgehead atoms. The fraction of sp³-hybridized carbons (Fsp3) is 0.250. The Balaban J connectivity index is 1.72. The van der Waals surface area contributed by atoms with Crippen LogP contribution in [-0.4, -0.2) is 16.5 Å². The largest absolute Gasteiger partial charge is 0.480 e. The minimum absolute atomic E-state index is 0.684. The molecule has 4 nitrogen and oxygen atoms in total. The van der Waals surface area contributed by atoms with Crippen molar-refractivity contribution in [3.05, 3.63) is 38.6 Å². The molecule has 0 aliphatic carbocycles. The molecule has 3 heterocycles. The van der Waals surface area contributed by atoms with Crippen LogP contribution in [-0.2, 0) is 13.1 Å². The first kappa shape index (κ1) is 12.9. The number of nitrogens with zero attached hydrogens (tertiary/aromatic N) is 2. The lowest BCUT2D eigenvalue weighted by Gasteiger charge is -2.04. The van der Waals surface area contributed by atoms with Crippen LogP contribution in [0.25, 0.3) is 4.96 Å². The number of imidazole rings is 1. The van der Waals surface area contributed by atoms with E-state index in [4.69, 9.17) is 16.3 Å². The number of aromatic nitrogens is 2. The molecule has 0 saturated carbocycles. The molecule has 3 rings (SSSR count). The molecule has 19 heavy (non-hydrogen) atoms. The summed E-state index contributed by atoms with van der Waals surface area (Å²) in [6.07, 6.45) is 2.01. The molecular weight excluding hydrogens is 302 g/mol. The van der Waals surface area contributed by atoms with Crippen LogP contribution in [0.5, 0.6) is 5.88 Å². The zero-order chi connectivity index (χ0) is 13.2. The maximum absolute atomic E-state index is 5.91. The third-order valence-electron chi connectivity index (χ3n) is 2.74. The SMILES string of the molecule is COc1nc2sccn2c1CNCc1ccc(Cl)s1. The van der Waals surface area contributed by atoms with Crippen molar-refractivity contribution in [2.75, 3.05) is 7.11 Å². The Labute approximate surface area is 123 Å². The van der Waals surface area contributed by atoms with Crippen molar-refractivity contribution in [3.8, 4) is 5.88 Å². The van der Waals surface area contributed by atoms with Gasteiger partial charge in [-0.05, 0) is 12.1 Å². The number of rotatable bonds is 5. The topological polar surface area (TPSA) is 38.6 Å². The number of fused-ring (bicyclic) bond motifs is 1. The van der Waals surface area contributed by atoms with Crippen molar-refractivity contribution in [1.82, 2.24) is 14.7 Å². The maximum Gasteiger partial charge on any atom is 0.237 e. The van der Waals surface area contributed by atoms with E-state index in [2.05, 4.69) is 14.7 Å². The fourth-order valence-corrected chi connectivity index (χ4v) is 3.67. The van der Waals surface area contributed by atoms with Crippen molar-refractivity contribution < 1.29 is 4.74 Å². The van der Waals surface area contributed by atoms with Crippen molar-refractivity contribution in [2.24, 2.45) is 0 Å². The van der Waals surface area contributed by atoms with E-state index in [1.807, 2.05) is 23.7 Å². The zero-order valence-electron chi connectivity index (χ0n) is 10.2. The van der Waals surface area contributed by atoms with E-state index < -0.39 is 0 Å². The van der Waals surface area contributed by atoms with Gasteiger partial charge in [-0.15, -0.1) is 22.7 Å². The molecule has 0 saturated heterocycles. The van der Waals surface area contributed by atoms with E-state index in [1.165, 1.54) is 4.88 Å². The highest BCUT2D eigenvalue weighted by Gasteiger charge is 2.13. The molecule has 3 aromatic rings. The number of hydrogen-bond donors (Lipinski definition) is 1. The van der Waals surface area contributed by atoms with Crippen LogP contribution in [0.2, 0.25) is 4.34 Å².